The number of benzene rings is 2. The quantitative estimate of drug-likeness (QED) is 0.328. The van der Waals surface area contributed by atoms with Crippen LogP contribution in [-0.4, -0.2) is 21.9 Å². The second kappa shape index (κ2) is 9.04. The fraction of sp³-hybridized carbons (Fsp3) is 0. The van der Waals surface area contributed by atoms with Gasteiger partial charge < -0.3 is 0 Å². The van der Waals surface area contributed by atoms with Gasteiger partial charge in [0.2, 0.25) is 5.91 Å². The molecule has 2 aromatic rings. The van der Waals surface area contributed by atoms with Crippen LogP contribution in [0.4, 0.5) is 5.69 Å². The Morgan fingerprint density at radius 1 is 1.04 bits per heavy atom. The van der Waals surface area contributed by atoms with Crippen LogP contribution in [0.3, 0.4) is 0 Å². The molecule has 8 nitrogen and oxygen atoms in total. The fourth-order valence-electron chi connectivity index (χ4n) is 1.87. The Morgan fingerprint density at radius 3 is 2.46 bits per heavy atom. The molecule has 2 amide bonds. The molecule has 0 bridgehead atoms. The maximum absolute atomic E-state index is 11.9. The minimum atomic E-state index is -0.634. The Bertz CT molecular complexity index is 868. The summed E-state index contributed by atoms with van der Waals surface area (Å²) < 4.78 is 0. The number of hydrogen-bond acceptors (Lipinski definition) is 5. The zero-order valence-corrected chi connectivity index (χ0v) is 14.2. The molecule has 0 aromatic heterocycles. The minimum absolute atomic E-state index is 0.0739. The van der Waals surface area contributed by atoms with Crippen LogP contribution in [0.2, 0.25) is 0 Å². The number of nitrogens with zero attached hydrogens (tertiary/aromatic N) is 1. The van der Waals surface area contributed by atoms with Gasteiger partial charge in [-0.2, -0.15) is 0 Å². The number of non-ortho nitro benzene ring substituents is 1. The molecule has 132 valence electrons. The first-order valence-corrected chi connectivity index (χ1v) is 7.75. The number of thiocarbonyl (C=S) groups is 1. The summed E-state index contributed by atoms with van der Waals surface area (Å²) in [6.07, 6.45) is 2.91. The second-order valence-electron chi connectivity index (χ2n) is 4.95. The van der Waals surface area contributed by atoms with E-state index < -0.39 is 16.7 Å². The van der Waals surface area contributed by atoms with E-state index in [-0.39, 0.29) is 16.4 Å². The molecule has 0 aliphatic carbocycles. The van der Waals surface area contributed by atoms with Gasteiger partial charge in [-0.05, 0) is 29.9 Å². The van der Waals surface area contributed by atoms with Gasteiger partial charge in [0.15, 0.2) is 5.11 Å². The molecule has 9 heteroatoms. The van der Waals surface area contributed by atoms with Gasteiger partial charge in [0, 0.05) is 23.8 Å². The molecule has 0 unspecified atom stereocenters. The van der Waals surface area contributed by atoms with E-state index >= 15 is 0 Å². The van der Waals surface area contributed by atoms with E-state index in [0.717, 1.165) is 11.6 Å². The highest BCUT2D eigenvalue weighted by Crippen LogP contribution is 2.12. The van der Waals surface area contributed by atoms with Gasteiger partial charge in [-0.25, -0.2) is 0 Å². The molecule has 26 heavy (non-hydrogen) atoms. The Hall–Kier alpha value is -3.59. The molecular weight excluding hydrogens is 356 g/mol. The zero-order valence-electron chi connectivity index (χ0n) is 13.3. The second-order valence-corrected chi connectivity index (χ2v) is 5.36. The van der Waals surface area contributed by atoms with E-state index in [0.29, 0.717) is 0 Å². The lowest BCUT2D eigenvalue weighted by atomic mass is 10.2. The van der Waals surface area contributed by atoms with Crippen LogP contribution in [0.1, 0.15) is 15.9 Å². The van der Waals surface area contributed by atoms with Gasteiger partial charge in [0.25, 0.3) is 11.6 Å². The summed E-state index contributed by atoms with van der Waals surface area (Å²) in [5, 5.41) is 12.9. The van der Waals surface area contributed by atoms with Gasteiger partial charge >= 0.3 is 0 Å². The van der Waals surface area contributed by atoms with Crippen LogP contribution >= 0.6 is 12.2 Å². The third kappa shape index (κ3) is 5.80. The number of rotatable bonds is 4. The van der Waals surface area contributed by atoms with Crippen molar-refractivity contribution in [1.29, 1.82) is 0 Å². The highest BCUT2D eigenvalue weighted by Gasteiger charge is 2.11. The summed E-state index contributed by atoms with van der Waals surface area (Å²) in [6, 6.07) is 14.4. The maximum atomic E-state index is 11.9. The average Bonchev–Trinajstić information content (AvgIpc) is 2.65. The lowest BCUT2D eigenvalue weighted by Gasteiger charge is -2.09. The third-order valence-electron chi connectivity index (χ3n) is 3.07. The van der Waals surface area contributed by atoms with Crippen molar-refractivity contribution in [3.05, 3.63) is 81.9 Å². The molecule has 0 heterocycles. The van der Waals surface area contributed by atoms with Crippen molar-refractivity contribution in [2.75, 3.05) is 0 Å². The van der Waals surface area contributed by atoms with Gasteiger partial charge in [-0.1, -0.05) is 36.4 Å². The number of amides is 2. The van der Waals surface area contributed by atoms with Gasteiger partial charge in [0.05, 0.1) is 4.92 Å². The molecule has 0 aliphatic rings. The van der Waals surface area contributed by atoms with Crippen molar-refractivity contribution < 1.29 is 14.5 Å². The number of nitrogens with one attached hydrogen (secondary N) is 3. The van der Waals surface area contributed by atoms with E-state index in [1.807, 2.05) is 30.3 Å². The van der Waals surface area contributed by atoms with Crippen LogP contribution < -0.4 is 16.2 Å². The van der Waals surface area contributed by atoms with Crippen LogP contribution in [0, 0.1) is 10.1 Å². The normalized spacial score (nSPS) is 10.2. The summed E-state index contributed by atoms with van der Waals surface area (Å²) in [5.74, 6) is -1.11. The van der Waals surface area contributed by atoms with Crippen LogP contribution in [-0.2, 0) is 4.79 Å². The van der Waals surface area contributed by atoms with Gasteiger partial charge in [-0.15, -0.1) is 0 Å². The van der Waals surface area contributed by atoms with Crippen molar-refractivity contribution in [3.8, 4) is 0 Å². The monoisotopic (exact) mass is 370 g/mol. The molecule has 2 aromatic carbocycles. The molecule has 0 saturated heterocycles. The van der Waals surface area contributed by atoms with Crippen molar-refractivity contribution >= 4 is 40.9 Å². The van der Waals surface area contributed by atoms with Gasteiger partial charge in [0.1, 0.15) is 0 Å². The van der Waals surface area contributed by atoms with Crippen molar-refractivity contribution in [2.24, 2.45) is 0 Å². The number of carbonyl (C=O) groups excluding carboxylic acids is 2. The summed E-state index contributed by atoms with van der Waals surface area (Å²) in [5.41, 5.74) is 5.32. The molecule has 0 radical (unpaired) electrons. The Kier molecular flexibility index (Phi) is 6.52. The van der Waals surface area contributed by atoms with Crippen molar-refractivity contribution in [3.63, 3.8) is 0 Å². The number of carbonyl (C=O) groups is 2. The molecular formula is C17H14N4O4S. The molecule has 0 saturated carbocycles. The zero-order chi connectivity index (χ0) is 18.9. The lowest BCUT2D eigenvalue weighted by Crippen LogP contribution is -2.48. The van der Waals surface area contributed by atoms with E-state index in [9.17, 15) is 19.7 Å². The number of hydrazine groups is 1. The maximum Gasteiger partial charge on any atom is 0.270 e. The van der Waals surface area contributed by atoms with Crippen LogP contribution in [0.5, 0.6) is 0 Å². The van der Waals surface area contributed by atoms with Crippen molar-refractivity contribution in [1.82, 2.24) is 16.2 Å². The first-order chi connectivity index (χ1) is 12.5. The summed E-state index contributed by atoms with van der Waals surface area (Å²) in [7, 11) is 0. The van der Waals surface area contributed by atoms with E-state index in [4.69, 9.17) is 12.2 Å². The molecule has 3 N–H and O–H groups in total. The molecule has 2 rings (SSSR count). The van der Waals surface area contributed by atoms with E-state index in [2.05, 4.69) is 16.2 Å². The summed E-state index contributed by atoms with van der Waals surface area (Å²) >= 11 is 4.90. The number of nitro groups is 1. The predicted octanol–water partition coefficient (Wildman–Crippen LogP) is 1.94. The SMILES string of the molecule is O=C(/C=C/c1ccccc1)NC(=S)NNC(=O)c1cccc([N+](=O)[O-])c1. The van der Waals surface area contributed by atoms with Crippen LogP contribution in [0.15, 0.2) is 60.7 Å². The molecule has 0 fully saturated rings. The summed E-state index contributed by atoms with van der Waals surface area (Å²) in [6.45, 7) is 0. The van der Waals surface area contributed by atoms with E-state index in [1.54, 1.807) is 6.08 Å². The Morgan fingerprint density at radius 2 is 1.77 bits per heavy atom. The highest BCUT2D eigenvalue weighted by molar-refractivity contribution is 7.80. The lowest BCUT2D eigenvalue weighted by molar-refractivity contribution is -0.384. The molecule has 0 atom stereocenters. The largest absolute Gasteiger partial charge is 0.298 e. The topological polar surface area (TPSA) is 113 Å². The number of nitro benzene ring substituents is 1. The Balaban J connectivity index is 1.83. The fourth-order valence-corrected chi connectivity index (χ4v) is 2.02. The van der Waals surface area contributed by atoms with E-state index in [1.165, 1.54) is 24.3 Å². The smallest absolute Gasteiger partial charge is 0.270 e. The molecule has 0 spiro atoms. The first-order valence-electron chi connectivity index (χ1n) is 7.34. The van der Waals surface area contributed by atoms with Crippen LogP contribution in [0.25, 0.3) is 6.08 Å². The highest BCUT2D eigenvalue weighted by atomic mass is 32.1. The predicted molar refractivity (Wildman–Crippen MR) is 99.9 cm³/mol. The molecule has 0 aliphatic heterocycles. The Labute approximate surface area is 154 Å². The minimum Gasteiger partial charge on any atom is -0.298 e. The average molecular weight is 370 g/mol. The summed E-state index contributed by atoms with van der Waals surface area (Å²) in [4.78, 5) is 33.8. The first kappa shape index (κ1) is 18.7. The van der Waals surface area contributed by atoms with Gasteiger partial charge in [-0.3, -0.25) is 35.9 Å². The number of hydrogen-bond donors (Lipinski definition) is 3. The van der Waals surface area contributed by atoms with Crippen molar-refractivity contribution in [2.45, 2.75) is 0 Å². The standard InChI is InChI=1S/C17H14N4O4S/c22-15(10-9-12-5-2-1-3-6-12)18-17(26)20-19-16(23)13-7-4-8-14(11-13)21(24)25/h1-11H,(H,19,23)(H2,18,20,22,26)/b10-9+. The third-order valence-corrected chi connectivity index (χ3v) is 3.28.